The van der Waals surface area contributed by atoms with Crippen molar-refractivity contribution in [3.05, 3.63) is 89.0 Å². The Kier molecular flexibility index (Phi) is 8.76. The van der Waals surface area contributed by atoms with E-state index in [0.29, 0.717) is 30.2 Å². The number of anilines is 1. The number of aryl methyl sites for hydroxylation is 2. The highest BCUT2D eigenvalue weighted by atomic mass is 32.2. The van der Waals surface area contributed by atoms with Crippen molar-refractivity contribution in [2.45, 2.75) is 26.8 Å². The average Bonchev–Trinajstić information content (AvgIpc) is 2.85. The molecule has 1 amide bonds. The van der Waals surface area contributed by atoms with Gasteiger partial charge in [0.25, 0.3) is 5.91 Å². The van der Waals surface area contributed by atoms with Gasteiger partial charge in [0, 0.05) is 5.56 Å². The summed E-state index contributed by atoms with van der Waals surface area (Å²) in [5, 5.41) is 2.83. The van der Waals surface area contributed by atoms with Gasteiger partial charge < -0.3 is 14.8 Å². The topological polar surface area (TPSA) is 84.9 Å². The Morgan fingerprint density at radius 1 is 0.971 bits per heavy atom. The fraction of sp³-hybridized carbons (Fsp3) is 0.296. The maximum Gasteiger partial charge on any atom is 0.251 e. The monoisotopic (exact) mass is 496 g/mol. The van der Waals surface area contributed by atoms with E-state index in [1.165, 1.54) is 10.6 Å². The van der Waals surface area contributed by atoms with E-state index in [4.69, 9.17) is 9.47 Å². The van der Waals surface area contributed by atoms with Gasteiger partial charge in [-0.15, -0.1) is 0 Å². The van der Waals surface area contributed by atoms with Crippen LogP contribution in [0.15, 0.2) is 66.7 Å². The summed E-state index contributed by atoms with van der Waals surface area (Å²) in [4.78, 5) is 12.5. The summed E-state index contributed by atoms with van der Waals surface area (Å²) in [6.45, 7) is 4.73. The van der Waals surface area contributed by atoms with E-state index in [9.17, 15) is 13.2 Å². The van der Waals surface area contributed by atoms with Gasteiger partial charge in [-0.2, -0.15) is 0 Å². The van der Waals surface area contributed by atoms with Crippen LogP contribution in [-0.4, -0.2) is 40.8 Å². The van der Waals surface area contributed by atoms with Gasteiger partial charge in [0.1, 0.15) is 6.61 Å². The molecular formula is C27H32N2O5S. The zero-order valence-electron chi connectivity index (χ0n) is 20.6. The predicted molar refractivity (Wildman–Crippen MR) is 139 cm³/mol. The fourth-order valence-electron chi connectivity index (χ4n) is 3.82. The lowest BCUT2D eigenvalue weighted by molar-refractivity contribution is 0.0947. The van der Waals surface area contributed by atoms with Gasteiger partial charge in [0.2, 0.25) is 10.0 Å². The highest BCUT2D eigenvalue weighted by molar-refractivity contribution is 7.92. The van der Waals surface area contributed by atoms with Crippen LogP contribution >= 0.6 is 0 Å². The molecule has 0 heterocycles. The number of hydrogen-bond acceptors (Lipinski definition) is 5. The SMILES string of the molecule is CCc1cccc(C)c1N(Cc1ccc(C(=O)NCCOc2ccccc2OC)cc1)S(C)(=O)=O. The Morgan fingerprint density at radius 3 is 2.29 bits per heavy atom. The maximum absolute atomic E-state index is 12.7. The van der Waals surface area contributed by atoms with E-state index in [0.717, 1.165) is 28.8 Å². The van der Waals surface area contributed by atoms with Gasteiger partial charge in [-0.05, 0) is 54.3 Å². The second kappa shape index (κ2) is 11.8. The molecule has 0 aliphatic rings. The first-order valence-electron chi connectivity index (χ1n) is 11.4. The lowest BCUT2D eigenvalue weighted by Gasteiger charge is -2.26. The summed E-state index contributed by atoms with van der Waals surface area (Å²) in [5.74, 6) is 1.02. The molecule has 0 aliphatic carbocycles. The molecule has 3 aromatic rings. The van der Waals surface area contributed by atoms with Crippen LogP contribution < -0.4 is 19.1 Å². The number of methoxy groups -OCH3 is 1. The first-order valence-corrected chi connectivity index (χ1v) is 13.3. The van der Waals surface area contributed by atoms with E-state index in [-0.39, 0.29) is 12.5 Å². The summed E-state index contributed by atoms with van der Waals surface area (Å²) in [6.07, 6.45) is 1.94. The minimum Gasteiger partial charge on any atom is -0.493 e. The third-order valence-corrected chi connectivity index (χ3v) is 6.72. The maximum atomic E-state index is 12.7. The van der Waals surface area contributed by atoms with Crippen molar-refractivity contribution in [1.82, 2.24) is 5.32 Å². The van der Waals surface area contributed by atoms with Crippen molar-refractivity contribution in [3.8, 4) is 11.5 Å². The standard InChI is InChI=1S/C27H32N2O5S/c1-5-22-10-8-9-20(2)26(22)29(35(4,31)32)19-21-13-15-23(16-14-21)27(30)28-17-18-34-25-12-7-6-11-24(25)33-3/h6-16H,5,17-19H2,1-4H3,(H,28,30). The third-order valence-electron chi connectivity index (χ3n) is 5.61. The largest absolute Gasteiger partial charge is 0.493 e. The molecule has 8 heteroatoms. The van der Waals surface area contributed by atoms with Crippen LogP contribution in [0, 0.1) is 6.92 Å². The van der Waals surface area contributed by atoms with Crippen LogP contribution in [0.1, 0.15) is 34.0 Å². The van der Waals surface area contributed by atoms with Crippen LogP contribution in [0.3, 0.4) is 0 Å². The Labute approximate surface area is 207 Å². The molecule has 186 valence electrons. The molecule has 0 unspecified atom stereocenters. The van der Waals surface area contributed by atoms with E-state index in [1.807, 2.05) is 50.2 Å². The lowest BCUT2D eigenvalue weighted by atomic mass is 10.1. The fourth-order valence-corrected chi connectivity index (χ4v) is 4.79. The molecule has 0 saturated carbocycles. The number of carbonyl (C=O) groups excluding carboxylic acids is 1. The zero-order valence-corrected chi connectivity index (χ0v) is 21.4. The molecule has 0 atom stereocenters. The molecule has 0 aromatic heterocycles. The third kappa shape index (κ3) is 6.76. The minimum absolute atomic E-state index is 0.186. The number of benzene rings is 3. The van der Waals surface area contributed by atoms with Gasteiger partial charge in [-0.25, -0.2) is 8.42 Å². The molecule has 7 nitrogen and oxygen atoms in total. The number of hydrogen-bond donors (Lipinski definition) is 1. The van der Waals surface area contributed by atoms with Crippen molar-refractivity contribution >= 4 is 21.6 Å². The van der Waals surface area contributed by atoms with Crippen molar-refractivity contribution < 1.29 is 22.7 Å². The van der Waals surface area contributed by atoms with Gasteiger partial charge in [-0.1, -0.05) is 49.4 Å². The van der Waals surface area contributed by atoms with E-state index >= 15 is 0 Å². The average molecular weight is 497 g/mol. The van der Waals surface area contributed by atoms with Crippen LogP contribution in [0.2, 0.25) is 0 Å². The van der Waals surface area contributed by atoms with Crippen LogP contribution in [0.4, 0.5) is 5.69 Å². The number of ether oxygens (including phenoxy) is 2. The molecule has 3 rings (SSSR count). The number of sulfonamides is 1. The Hall–Kier alpha value is -3.52. The molecule has 0 radical (unpaired) electrons. The Morgan fingerprint density at radius 2 is 1.66 bits per heavy atom. The van der Waals surface area contributed by atoms with E-state index in [1.54, 1.807) is 37.4 Å². The second-order valence-corrected chi connectivity index (χ2v) is 10.1. The zero-order chi connectivity index (χ0) is 25.4. The molecular weight excluding hydrogens is 464 g/mol. The minimum atomic E-state index is -3.51. The number of nitrogens with zero attached hydrogens (tertiary/aromatic N) is 1. The molecule has 0 saturated heterocycles. The molecule has 0 aliphatic heterocycles. The van der Waals surface area contributed by atoms with Gasteiger partial charge >= 0.3 is 0 Å². The van der Waals surface area contributed by atoms with E-state index < -0.39 is 10.0 Å². The summed E-state index contributed by atoms with van der Waals surface area (Å²) >= 11 is 0. The van der Waals surface area contributed by atoms with Crippen LogP contribution in [0.5, 0.6) is 11.5 Å². The number of nitrogens with one attached hydrogen (secondary N) is 1. The smallest absolute Gasteiger partial charge is 0.251 e. The quantitative estimate of drug-likeness (QED) is 0.399. The van der Waals surface area contributed by atoms with E-state index in [2.05, 4.69) is 5.32 Å². The van der Waals surface area contributed by atoms with Gasteiger partial charge in [0.05, 0.1) is 32.1 Å². The lowest BCUT2D eigenvalue weighted by Crippen LogP contribution is -2.31. The second-order valence-electron chi connectivity index (χ2n) is 8.16. The molecule has 1 N–H and O–H groups in total. The van der Waals surface area contributed by atoms with Crippen LogP contribution in [-0.2, 0) is 23.0 Å². The van der Waals surface area contributed by atoms with Gasteiger partial charge in [0.15, 0.2) is 11.5 Å². The number of rotatable bonds is 11. The van der Waals surface area contributed by atoms with Gasteiger partial charge in [-0.3, -0.25) is 9.10 Å². The Bertz CT molecular complexity index is 1260. The normalized spacial score (nSPS) is 11.1. The number of carbonyl (C=O) groups is 1. The summed E-state index contributed by atoms with van der Waals surface area (Å²) in [5.41, 5.74) is 3.87. The van der Waals surface area contributed by atoms with Crippen molar-refractivity contribution in [2.75, 3.05) is 30.8 Å². The van der Waals surface area contributed by atoms with Crippen molar-refractivity contribution in [3.63, 3.8) is 0 Å². The summed E-state index contributed by atoms with van der Waals surface area (Å²) < 4.78 is 37.7. The Balaban J connectivity index is 1.64. The predicted octanol–water partition coefficient (Wildman–Crippen LogP) is 4.34. The molecule has 3 aromatic carbocycles. The highest BCUT2D eigenvalue weighted by Gasteiger charge is 2.22. The number of amides is 1. The molecule has 0 spiro atoms. The number of para-hydroxylation sites is 3. The summed E-state index contributed by atoms with van der Waals surface area (Å²) in [7, 11) is -1.93. The van der Waals surface area contributed by atoms with Crippen molar-refractivity contribution in [1.29, 1.82) is 0 Å². The molecule has 0 bridgehead atoms. The highest BCUT2D eigenvalue weighted by Crippen LogP contribution is 2.29. The first-order chi connectivity index (χ1) is 16.7. The first kappa shape index (κ1) is 26.1. The molecule has 35 heavy (non-hydrogen) atoms. The van der Waals surface area contributed by atoms with Crippen molar-refractivity contribution in [2.24, 2.45) is 0 Å². The summed E-state index contributed by atoms with van der Waals surface area (Å²) in [6, 6.07) is 20.1. The van der Waals surface area contributed by atoms with Crippen LogP contribution in [0.25, 0.3) is 0 Å². The molecule has 0 fully saturated rings.